The second-order valence-corrected chi connectivity index (χ2v) is 4.65. The van der Waals surface area contributed by atoms with Crippen LogP contribution in [0.3, 0.4) is 0 Å². The van der Waals surface area contributed by atoms with E-state index in [0.29, 0.717) is 0 Å². The highest BCUT2D eigenvalue weighted by Gasteiger charge is 2.07. The molecule has 1 unspecified atom stereocenters. The van der Waals surface area contributed by atoms with Crippen molar-refractivity contribution in [3.05, 3.63) is 42.1 Å². The lowest BCUT2D eigenvalue weighted by molar-refractivity contribution is 0.382. The summed E-state index contributed by atoms with van der Waals surface area (Å²) in [6.45, 7) is 1.00. The molecule has 0 aliphatic rings. The molecule has 3 nitrogen and oxygen atoms in total. The predicted molar refractivity (Wildman–Crippen MR) is 71.8 cm³/mol. The molecular weight excluding hydrogens is 210 g/mol. The summed E-state index contributed by atoms with van der Waals surface area (Å²) in [5, 5.41) is 1.16. The fourth-order valence-corrected chi connectivity index (χ4v) is 1.88. The number of nitrogens with two attached hydrogens (primary N) is 1. The summed E-state index contributed by atoms with van der Waals surface area (Å²) in [6, 6.07) is 10.4. The van der Waals surface area contributed by atoms with Gasteiger partial charge in [0, 0.05) is 17.6 Å². The summed E-state index contributed by atoms with van der Waals surface area (Å²) in [7, 11) is 4.13. The van der Waals surface area contributed by atoms with Crippen LogP contribution in [0.2, 0.25) is 0 Å². The molecule has 3 heteroatoms. The third-order valence-electron chi connectivity index (χ3n) is 2.95. The van der Waals surface area contributed by atoms with Crippen LogP contribution in [0.25, 0.3) is 10.9 Å². The molecule has 0 fully saturated rings. The first-order valence-electron chi connectivity index (χ1n) is 5.92. The van der Waals surface area contributed by atoms with Gasteiger partial charge in [0.15, 0.2) is 0 Å². The minimum atomic E-state index is 0.0869. The van der Waals surface area contributed by atoms with Crippen molar-refractivity contribution in [3.8, 4) is 0 Å². The van der Waals surface area contributed by atoms with Gasteiger partial charge >= 0.3 is 0 Å². The minimum absolute atomic E-state index is 0.0869. The number of hydrogen-bond donors (Lipinski definition) is 1. The zero-order chi connectivity index (χ0) is 12.3. The third-order valence-corrected chi connectivity index (χ3v) is 2.95. The molecule has 0 spiro atoms. The molecule has 0 aliphatic heterocycles. The molecule has 1 heterocycles. The van der Waals surface area contributed by atoms with Crippen molar-refractivity contribution < 1.29 is 0 Å². The van der Waals surface area contributed by atoms with Crippen LogP contribution in [0.1, 0.15) is 18.0 Å². The second kappa shape index (κ2) is 5.25. The average molecular weight is 229 g/mol. The third kappa shape index (κ3) is 3.02. The van der Waals surface area contributed by atoms with E-state index in [9.17, 15) is 0 Å². The lowest BCUT2D eigenvalue weighted by Gasteiger charge is -2.15. The van der Waals surface area contributed by atoms with Crippen molar-refractivity contribution in [2.45, 2.75) is 12.5 Å². The zero-order valence-electron chi connectivity index (χ0n) is 10.4. The molecule has 1 aromatic carbocycles. The minimum Gasteiger partial charge on any atom is -0.324 e. The molecule has 17 heavy (non-hydrogen) atoms. The van der Waals surface area contributed by atoms with Crippen LogP contribution in [0, 0.1) is 0 Å². The highest BCUT2D eigenvalue weighted by atomic mass is 15.0. The first-order chi connectivity index (χ1) is 8.16. The summed E-state index contributed by atoms with van der Waals surface area (Å²) in [4.78, 5) is 6.51. The van der Waals surface area contributed by atoms with Gasteiger partial charge in [-0.3, -0.25) is 4.98 Å². The van der Waals surface area contributed by atoms with E-state index in [-0.39, 0.29) is 6.04 Å². The largest absolute Gasteiger partial charge is 0.324 e. The summed E-state index contributed by atoms with van der Waals surface area (Å²) in [5.41, 5.74) is 8.36. The maximum atomic E-state index is 6.18. The Morgan fingerprint density at radius 1 is 1.29 bits per heavy atom. The lowest BCUT2D eigenvalue weighted by Crippen LogP contribution is -2.20. The maximum Gasteiger partial charge on any atom is 0.0705 e. The molecule has 0 aliphatic carbocycles. The van der Waals surface area contributed by atoms with Crippen LogP contribution >= 0.6 is 0 Å². The smallest absolute Gasteiger partial charge is 0.0705 e. The number of fused-ring (bicyclic) bond motifs is 1. The number of rotatable bonds is 4. The van der Waals surface area contributed by atoms with Gasteiger partial charge in [0.1, 0.15) is 0 Å². The summed E-state index contributed by atoms with van der Waals surface area (Å²) in [6.07, 6.45) is 2.78. The van der Waals surface area contributed by atoms with Gasteiger partial charge in [-0.1, -0.05) is 18.2 Å². The van der Waals surface area contributed by atoms with Gasteiger partial charge < -0.3 is 10.6 Å². The van der Waals surface area contributed by atoms with Crippen molar-refractivity contribution in [1.82, 2.24) is 9.88 Å². The second-order valence-electron chi connectivity index (χ2n) is 4.65. The molecule has 2 rings (SSSR count). The highest BCUT2D eigenvalue weighted by Crippen LogP contribution is 2.19. The Labute approximate surface area is 102 Å². The molecule has 2 aromatic rings. The Kier molecular flexibility index (Phi) is 3.71. The molecule has 0 amide bonds. The Morgan fingerprint density at radius 3 is 2.88 bits per heavy atom. The van der Waals surface area contributed by atoms with E-state index >= 15 is 0 Å². The van der Waals surface area contributed by atoms with Gasteiger partial charge in [-0.05, 0) is 44.8 Å². The molecule has 1 aromatic heterocycles. The van der Waals surface area contributed by atoms with Gasteiger partial charge in [0.2, 0.25) is 0 Å². The molecule has 1 atom stereocenters. The maximum absolute atomic E-state index is 6.18. The van der Waals surface area contributed by atoms with Crippen LogP contribution in [0.4, 0.5) is 0 Å². The topological polar surface area (TPSA) is 42.1 Å². The SMILES string of the molecule is CN(C)CCC(N)c1ccc2cccnc2c1. The molecule has 90 valence electrons. The van der Waals surface area contributed by atoms with Gasteiger partial charge in [-0.2, -0.15) is 0 Å². The molecule has 2 N–H and O–H groups in total. The fourth-order valence-electron chi connectivity index (χ4n) is 1.88. The first-order valence-corrected chi connectivity index (χ1v) is 5.92. The van der Waals surface area contributed by atoms with Gasteiger partial charge in [-0.15, -0.1) is 0 Å². The fraction of sp³-hybridized carbons (Fsp3) is 0.357. The first kappa shape index (κ1) is 12.0. The standard InChI is InChI=1S/C14H19N3/c1-17(2)9-7-13(15)12-6-5-11-4-3-8-16-14(11)10-12/h3-6,8,10,13H,7,9,15H2,1-2H3. The normalized spacial score (nSPS) is 13.2. The highest BCUT2D eigenvalue weighted by molar-refractivity contribution is 5.78. The molecule has 0 bridgehead atoms. The van der Waals surface area contributed by atoms with E-state index < -0.39 is 0 Å². The van der Waals surface area contributed by atoms with Crippen molar-refractivity contribution in [1.29, 1.82) is 0 Å². The Morgan fingerprint density at radius 2 is 2.12 bits per heavy atom. The van der Waals surface area contributed by atoms with Crippen molar-refractivity contribution >= 4 is 10.9 Å². The van der Waals surface area contributed by atoms with Crippen LogP contribution < -0.4 is 5.73 Å². The van der Waals surface area contributed by atoms with Crippen LogP contribution in [-0.4, -0.2) is 30.5 Å². The predicted octanol–water partition coefficient (Wildman–Crippen LogP) is 2.19. The Bertz CT molecular complexity index is 494. The van der Waals surface area contributed by atoms with Crippen molar-refractivity contribution in [2.75, 3.05) is 20.6 Å². The van der Waals surface area contributed by atoms with Gasteiger partial charge in [0.25, 0.3) is 0 Å². The molecule has 0 saturated carbocycles. The summed E-state index contributed by atoms with van der Waals surface area (Å²) < 4.78 is 0. The van der Waals surface area contributed by atoms with Crippen LogP contribution in [0.15, 0.2) is 36.5 Å². The number of benzene rings is 1. The van der Waals surface area contributed by atoms with E-state index in [4.69, 9.17) is 5.73 Å². The average Bonchev–Trinajstić information content (AvgIpc) is 2.35. The van der Waals surface area contributed by atoms with E-state index in [1.807, 2.05) is 12.3 Å². The van der Waals surface area contributed by atoms with Crippen molar-refractivity contribution in [3.63, 3.8) is 0 Å². The van der Waals surface area contributed by atoms with Crippen molar-refractivity contribution in [2.24, 2.45) is 5.73 Å². The Hall–Kier alpha value is -1.45. The van der Waals surface area contributed by atoms with E-state index in [0.717, 1.165) is 29.4 Å². The number of nitrogens with zero attached hydrogens (tertiary/aromatic N) is 2. The monoisotopic (exact) mass is 229 g/mol. The van der Waals surface area contributed by atoms with Gasteiger partial charge in [0.05, 0.1) is 5.52 Å². The van der Waals surface area contributed by atoms with Crippen LogP contribution in [-0.2, 0) is 0 Å². The van der Waals surface area contributed by atoms with Crippen LogP contribution in [0.5, 0.6) is 0 Å². The van der Waals surface area contributed by atoms with Gasteiger partial charge in [-0.25, -0.2) is 0 Å². The van der Waals surface area contributed by atoms with E-state index in [1.165, 1.54) is 0 Å². The summed E-state index contributed by atoms with van der Waals surface area (Å²) in [5.74, 6) is 0. The molecule has 0 radical (unpaired) electrons. The quantitative estimate of drug-likeness (QED) is 0.873. The number of aromatic nitrogens is 1. The number of pyridine rings is 1. The lowest BCUT2D eigenvalue weighted by atomic mass is 10.0. The Balaban J connectivity index is 2.18. The zero-order valence-corrected chi connectivity index (χ0v) is 10.4. The summed E-state index contributed by atoms with van der Waals surface area (Å²) >= 11 is 0. The van der Waals surface area contributed by atoms with E-state index in [1.54, 1.807) is 0 Å². The van der Waals surface area contributed by atoms with E-state index in [2.05, 4.69) is 48.2 Å². The number of hydrogen-bond acceptors (Lipinski definition) is 3. The molecule has 0 saturated heterocycles. The molecular formula is C14H19N3.